The number of hydrogen-bond acceptors (Lipinski definition) is 36. The highest BCUT2D eigenvalue weighted by Crippen LogP contribution is 2.38. The highest BCUT2D eigenvalue weighted by Gasteiger charge is 2.58. The van der Waals surface area contributed by atoms with Gasteiger partial charge in [0.1, 0.15) is 210 Å². The lowest BCUT2D eigenvalue weighted by molar-refractivity contribution is -0.873. The lowest BCUT2D eigenvalue weighted by Gasteiger charge is -2.50. The molecule has 6 rings (SSSR count). The van der Waals surface area contributed by atoms with Crippen molar-refractivity contribution >= 4 is 0 Å². The van der Waals surface area contributed by atoms with Crippen LogP contribution in [0.25, 0.3) is 0 Å². The number of ether oxygens (including phenoxy) is 18. The van der Waals surface area contributed by atoms with E-state index in [4.69, 9.17) is 85.3 Å². The van der Waals surface area contributed by atoms with E-state index in [0.717, 1.165) is 0 Å². The molecule has 109 heavy (non-hydrogen) atoms. The average Bonchev–Trinajstić information content (AvgIpc) is 0.771. The SMILES string of the molecule is CO[C@@H]1OC(COCC(O)C[N+](C)(C)C)[C@@H](O[C@@H]2O[C@@H](CO[C@H]3O[C@@H](COCC(O)C[N+](C)(C)C)[C@H](O)C(O)C3O)[C@@H](O[C@@H]3OC(COCC(O)C[N+](C)(C)C)[C@@H](O[C@H]4O[C@@H](COCC(O)C[N+](C)(C)C)[C@@H](O[C@@H]5OC(COCC(O)C[N+](C)(C)C)[C@@H](OC)[C@@H](O)C5O)C(O)C4O)[C@@H](O)C3O)C(O)C2O)[C@@H](O)C1O. The van der Waals surface area contributed by atoms with Crippen LogP contribution in [0.5, 0.6) is 0 Å². The van der Waals surface area contributed by atoms with Crippen LogP contribution in [-0.2, 0) is 85.3 Å². The van der Waals surface area contributed by atoms with E-state index in [-0.39, 0.29) is 70.3 Å². The molecular weight excluding hydrogens is 1460 g/mol. The first kappa shape index (κ1) is 96.2. The summed E-state index contributed by atoms with van der Waals surface area (Å²) in [7, 11) is 30.1. The molecule has 0 bridgehead atoms. The molecule has 0 amide bonds. The van der Waals surface area contributed by atoms with Crippen LogP contribution in [-0.4, -0.2) is 554 Å². The van der Waals surface area contributed by atoms with Gasteiger partial charge in [-0.2, -0.15) is 0 Å². The van der Waals surface area contributed by atoms with Gasteiger partial charge in [-0.25, -0.2) is 0 Å². The third-order valence-corrected chi connectivity index (χ3v) is 18.7. The maximum Gasteiger partial charge on any atom is 0.187 e. The van der Waals surface area contributed by atoms with Gasteiger partial charge in [0, 0.05) is 14.2 Å². The Kier molecular flexibility index (Phi) is 37.2. The predicted octanol–water partition coefficient (Wildman–Crippen LogP) is -12.3. The van der Waals surface area contributed by atoms with E-state index >= 15 is 0 Å². The van der Waals surface area contributed by atoms with Crippen molar-refractivity contribution < 1.29 is 200 Å². The van der Waals surface area contributed by atoms with Crippen molar-refractivity contribution in [2.75, 3.05) is 225 Å². The standard InChI is InChI=1S/C68H136N5O36/c1-69(2,3)18-34(74)23-94-28-39-45(79)46(80)52(86)64(100-39)99-33-44-62(51(85)57(91)68(105-44)106-59-41(101-63(93-17)53(87)48(59)82)30-96-25-36(76)20-71(7,8)9)109-67-56(90)50(84)61(43(104-67)32-98-27-38(78)22-73(13,14)15)108-66-55(89)49(83)60(42(103-66)31-97-26-37(77)21-72(10,11)12)107-65-54(88)47(81)58(92-16)40(102-65)29-95-24-35(75)19-70(4,5)6/h34-68,74-91H,18-33H2,1-17H3/q+5/t34?,35?,36?,37?,38?,39-,40?,41?,42-,43?,44-,45-,46?,47-,48-,49?,50-,51?,52?,53?,54?,55?,56?,57?,58+,59+,60+,61+,62+,63+,64-,65-,66+,67-,68-/m0/s1. The van der Waals surface area contributed by atoms with Gasteiger partial charge in [0.15, 0.2) is 37.7 Å². The number of aliphatic hydroxyl groups excluding tert-OH is 18. The third kappa shape index (κ3) is 29.4. The Balaban J connectivity index is 1.32. The van der Waals surface area contributed by atoms with Gasteiger partial charge in [-0.1, -0.05) is 0 Å². The summed E-state index contributed by atoms with van der Waals surface area (Å²) in [6.45, 7) is -3.35. The molecular formula is C68H136N5O36+5. The Morgan fingerprint density at radius 3 is 0.706 bits per heavy atom. The van der Waals surface area contributed by atoms with Crippen LogP contribution < -0.4 is 0 Å². The quantitative estimate of drug-likeness (QED) is 0.0252. The predicted molar refractivity (Wildman–Crippen MR) is 372 cm³/mol. The van der Waals surface area contributed by atoms with E-state index in [1.807, 2.05) is 106 Å². The second kappa shape index (κ2) is 42.2. The number of likely N-dealkylation sites (N-methyl/N-ethyl adjacent to an activating group) is 5. The van der Waals surface area contributed by atoms with E-state index in [9.17, 15) is 91.9 Å². The van der Waals surface area contributed by atoms with Gasteiger partial charge >= 0.3 is 0 Å². The Hall–Kier alpha value is -1.64. The number of rotatable bonds is 43. The maximum atomic E-state index is 12.4. The summed E-state index contributed by atoms with van der Waals surface area (Å²) < 4.78 is 110. The van der Waals surface area contributed by atoms with E-state index in [0.29, 0.717) is 24.5 Å². The molecule has 41 heteroatoms. The fourth-order valence-electron chi connectivity index (χ4n) is 13.8. The molecule has 6 saturated heterocycles. The Labute approximate surface area is 637 Å². The van der Waals surface area contributed by atoms with Crippen LogP contribution in [0.1, 0.15) is 0 Å². The van der Waals surface area contributed by atoms with Crippen LogP contribution in [0.4, 0.5) is 0 Å². The zero-order valence-electron chi connectivity index (χ0n) is 66.2. The lowest BCUT2D eigenvalue weighted by Crippen LogP contribution is -2.68. The summed E-state index contributed by atoms with van der Waals surface area (Å²) in [5.41, 5.74) is 0. The van der Waals surface area contributed by atoms with E-state index < -0.39 is 248 Å². The van der Waals surface area contributed by atoms with Crippen molar-refractivity contribution in [3.05, 3.63) is 0 Å². The van der Waals surface area contributed by atoms with Gasteiger partial charge in [-0.3, -0.25) is 0 Å². The van der Waals surface area contributed by atoms with Gasteiger partial charge in [-0.05, 0) is 0 Å². The van der Waals surface area contributed by atoms with E-state index in [1.54, 1.807) is 0 Å². The first-order valence-electron chi connectivity index (χ1n) is 36.9. The number of methoxy groups -OCH3 is 2. The topological polar surface area (TPSA) is 530 Å². The molecule has 17 unspecified atom stereocenters. The maximum absolute atomic E-state index is 12.4. The lowest BCUT2D eigenvalue weighted by atomic mass is 9.95. The highest BCUT2D eigenvalue weighted by molar-refractivity contribution is 5.00. The molecule has 0 aromatic heterocycles. The van der Waals surface area contributed by atoms with Crippen LogP contribution in [0.15, 0.2) is 0 Å². The van der Waals surface area contributed by atoms with Gasteiger partial charge in [0.2, 0.25) is 0 Å². The Bertz CT molecular complexity index is 2580. The van der Waals surface area contributed by atoms with Crippen LogP contribution in [0.3, 0.4) is 0 Å². The molecule has 0 aliphatic carbocycles. The molecule has 644 valence electrons. The summed E-state index contributed by atoms with van der Waals surface area (Å²) in [6, 6.07) is 0. The number of nitrogens with zero attached hydrogens (tertiary/aromatic N) is 5. The zero-order chi connectivity index (χ0) is 81.7. The number of quaternary nitrogens is 5. The summed E-state index contributed by atoms with van der Waals surface area (Å²) in [5.74, 6) is 0. The molecule has 41 nitrogen and oxygen atoms in total. The minimum absolute atomic E-state index is 0.156. The largest absolute Gasteiger partial charge is 0.387 e. The molecule has 6 aliphatic rings. The Morgan fingerprint density at radius 2 is 0.450 bits per heavy atom. The van der Waals surface area contributed by atoms with Crippen LogP contribution >= 0.6 is 0 Å². The normalized spacial score (nSPS) is 39.8. The van der Waals surface area contributed by atoms with Crippen molar-refractivity contribution in [3.8, 4) is 0 Å². The molecule has 0 aromatic rings. The number of hydrogen-bond donors (Lipinski definition) is 18. The fourth-order valence-corrected chi connectivity index (χ4v) is 13.8. The minimum atomic E-state index is -2.29. The van der Waals surface area contributed by atoms with Crippen LogP contribution in [0.2, 0.25) is 0 Å². The monoisotopic (exact) mass is 1600 g/mol. The molecule has 0 aromatic carbocycles. The van der Waals surface area contributed by atoms with Gasteiger partial charge < -0.3 is 200 Å². The van der Waals surface area contributed by atoms with Gasteiger partial charge in [0.25, 0.3) is 0 Å². The van der Waals surface area contributed by atoms with Crippen molar-refractivity contribution in [2.24, 2.45) is 0 Å². The second-order valence-electron chi connectivity index (χ2n) is 34.6. The van der Waals surface area contributed by atoms with Crippen molar-refractivity contribution in [3.63, 3.8) is 0 Å². The smallest absolute Gasteiger partial charge is 0.187 e. The second-order valence-corrected chi connectivity index (χ2v) is 34.6. The molecule has 6 heterocycles. The Morgan fingerprint density at radius 1 is 0.239 bits per heavy atom. The average molecular weight is 1600 g/mol. The molecule has 0 saturated carbocycles. The van der Waals surface area contributed by atoms with Crippen molar-refractivity contribution in [1.29, 1.82) is 0 Å². The van der Waals surface area contributed by atoms with E-state index in [1.165, 1.54) is 14.2 Å². The minimum Gasteiger partial charge on any atom is -0.387 e. The van der Waals surface area contributed by atoms with E-state index in [2.05, 4.69) is 0 Å². The molecule has 0 radical (unpaired) electrons. The van der Waals surface area contributed by atoms with Crippen molar-refractivity contribution in [1.82, 2.24) is 0 Å². The first-order valence-corrected chi connectivity index (χ1v) is 36.9. The molecule has 6 fully saturated rings. The van der Waals surface area contributed by atoms with Gasteiger partial charge in [0.05, 0.1) is 178 Å². The zero-order valence-corrected chi connectivity index (χ0v) is 66.2. The molecule has 6 aliphatic heterocycles. The number of aliphatic hydroxyl groups is 18. The fraction of sp³-hybridized carbons (Fsp3) is 1.00. The highest BCUT2D eigenvalue weighted by atomic mass is 16.8. The van der Waals surface area contributed by atoms with Crippen molar-refractivity contribution in [2.45, 2.75) is 215 Å². The summed E-state index contributed by atoms with van der Waals surface area (Å²) in [4.78, 5) is 0. The van der Waals surface area contributed by atoms with Gasteiger partial charge in [-0.15, -0.1) is 0 Å². The molecule has 35 atom stereocenters. The summed E-state index contributed by atoms with van der Waals surface area (Å²) in [5, 5.41) is 207. The van der Waals surface area contributed by atoms with Crippen LogP contribution in [0, 0.1) is 0 Å². The molecule has 0 spiro atoms. The summed E-state index contributed by atoms with van der Waals surface area (Å²) in [6.07, 6.45) is -60.2. The summed E-state index contributed by atoms with van der Waals surface area (Å²) >= 11 is 0. The third-order valence-electron chi connectivity index (χ3n) is 18.7. The molecule has 18 N–H and O–H groups in total. The first-order chi connectivity index (χ1) is 50.5.